The van der Waals surface area contributed by atoms with Crippen LogP contribution in [0.3, 0.4) is 0 Å². The maximum Gasteiger partial charge on any atom is 0.142 e. The van der Waals surface area contributed by atoms with Crippen molar-refractivity contribution in [3.8, 4) is 0 Å². The second-order valence-electron chi connectivity index (χ2n) is 6.73. The third-order valence-corrected chi connectivity index (χ3v) is 5.69. The molecule has 0 aromatic heterocycles. The van der Waals surface area contributed by atoms with Crippen molar-refractivity contribution in [3.05, 3.63) is 0 Å². The second-order valence-corrected chi connectivity index (χ2v) is 6.73. The molecular weight excluding hydrogens is 240 g/mol. The van der Waals surface area contributed by atoms with Crippen molar-refractivity contribution in [3.63, 3.8) is 0 Å². The van der Waals surface area contributed by atoms with Crippen LogP contribution in [0.25, 0.3) is 0 Å². The number of ether oxygens (including phenoxy) is 2. The predicted octanol–water partition coefficient (Wildman–Crippen LogP) is 3.11. The van der Waals surface area contributed by atoms with E-state index in [9.17, 15) is 4.79 Å². The summed E-state index contributed by atoms with van der Waals surface area (Å²) in [7, 11) is 0. The van der Waals surface area contributed by atoms with Gasteiger partial charge in [0.05, 0.1) is 12.2 Å². The van der Waals surface area contributed by atoms with E-state index in [0.717, 1.165) is 51.7 Å². The molecule has 2 atom stereocenters. The first-order valence-electron chi connectivity index (χ1n) is 7.96. The maximum absolute atomic E-state index is 13.0. The number of hydrogen-bond acceptors (Lipinski definition) is 3. The molecule has 108 valence electrons. The summed E-state index contributed by atoms with van der Waals surface area (Å²) in [5.41, 5.74) is -0.130. The molecule has 3 aliphatic rings. The van der Waals surface area contributed by atoms with Crippen LogP contribution in [-0.2, 0) is 14.3 Å². The van der Waals surface area contributed by atoms with E-state index < -0.39 is 0 Å². The normalized spacial score (nSPS) is 37.8. The summed E-state index contributed by atoms with van der Waals surface area (Å²) in [6.45, 7) is 4.41. The molecule has 1 aliphatic carbocycles. The van der Waals surface area contributed by atoms with E-state index in [1.165, 1.54) is 12.8 Å². The molecule has 2 heterocycles. The highest BCUT2D eigenvalue weighted by Crippen LogP contribution is 2.47. The van der Waals surface area contributed by atoms with Crippen molar-refractivity contribution in [2.75, 3.05) is 19.8 Å². The van der Waals surface area contributed by atoms with Crippen molar-refractivity contribution in [1.82, 2.24) is 0 Å². The Morgan fingerprint density at radius 2 is 2.00 bits per heavy atom. The standard InChI is InChI=1S/C16H26O3/c1-2-15(6-3-4-7-15)14(17)13-5-9-19-16(11-13)8-10-18-12-16/h13H,2-12H2,1H3. The molecule has 3 rings (SSSR count). The van der Waals surface area contributed by atoms with Crippen LogP contribution in [0.4, 0.5) is 0 Å². The van der Waals surface area contributed by atoms with Gasteiger partial charge in [-0.05, 0) is 32.1 Å². The molecule has 0 radical (unpaired) electrons. The summed E-state index contributed by atoms with van der Waals surface area (Å²) in [5, 5.41) is 0. The van der Waals surface area contributed by atoms with Crippen LogP contribution >= 0.6 is 0 Å². The molecule has 3 fully saturated rings. The quantitative estimate of drug-likeness (QED) is 0.787. The summed E-state index contributed by atoms with van der Waals surface area (Å²) < 4.78 is 11.5. The fourth-order valence-electron chi connectivity index (χ4n) is 4.37. The van der Waals surface area contributed by atoms with Gasteiger partial charge in [-0.3, -0.25) is 4.79 Å². The Morgan fingerprint density at radius 3 is 2.63 bits per heavy atom. The summed E-state index contributed by atoms with van der Waals surface area (Å²) in [6, 6.07) is 0. The Bertz CT molecular complexity index is 338. The summed E-state index contributed by atoms with van der Waals surface area (Å²) in [6.07, 6.45) is 8.50. The van der Waals surface area contributed by atoms with Gasteiger partial charge in [0.1, 0.15) is 5.78 Å². The first kappa shape index (κ1) is 13.6. The molecule has 19 heavy (non-hydrogen) atoms. The van der Waals surface area contributed by atoms with E-state index in [0.29, 0.717) is 12.4 Å². The highest BCUT2D eigenvalue weighted by atomic mass is 16.6. The minimum atomic E-state index is -0.133. The third-order valence-electron chi connectivity index (χ3n) is 5.69. The molecule has 1 saturated carbocycles. The van der Waals surface area contributed by atoms with Crippen LogP contribution in [0.2, 0.25) is 0 Å². The maximum atomic E-state index is 13.0. The van der Waals surface area contributed by atoms with Crippen molar-refractivity contribution in [1.29, 1.82) is 0 Å². The number of Topliss-reactive ketones (excluding diaryl/α,β-unsaturated/α-hetero) is 1. The zero-order valence-electron chi connectivity index (χ0n) is 12.1. The molecule has 0 bridgehead atoms. The van der Waals surface area contributed by atoms with Gasteiger partial charge in [0.2, 0.25) is 0 Å². The van der Waals surface area contributed by atoms with E-state index >= 15 is 0 Å². The van der Waals surface area contributed by atoms with Crippen LogP contribution in [-0.4, -0.2) is 31.2 Å². The van der Waals surface area contributed by atoms with Gasteiger partial charge in [-0.25, -0.2) is 0 Å². The van der Waals surface area contributed by atoms with Crippen LogP contribution in [0.1, 0.15) is 58.3 Å². The first-order chi connectivity index (χ1) is 9.20. The predicted molar refractivity (Wildman–Crippen MR) is 73.0 cm³/mol. The average Bonchev–Trinajstić information content (AvgIpc) is 3.08. The van der Waals surface area contributed by atoms with Crippen molar-refractivity contribution >= 4 is 5.78 Å². The van der Waals surface area contributed by atoms with Crippen LogP contribution in [0.5, 0.6) is 0 Å². The molecule has 2 aliphatic heterocycles. The van der Waals surface area contributed by atoms with Crippen LogP contribution in [0.15, 0.2) is 0 Å². The summed E-state index contributed by atoms with van der Waals surface area (Å²) >= 11 is 0. The monoisotopic (exact) mass is 266 g/mol. The minimum Gasteiger partial charge on any atom is -0.378 e. The van der Waals surface area contributed by atoms with Gasteiger partial charge >= 0.3 is 0 Å². The number of rotatable bonds is 3. The molecule has 0 aromatic carbocycles. The molecule has 2 unspecified atom stereocenters. The Morgan fingerprint density at radius 1 is 1.21 bits per heavy atom. The largest absolute Gasteiger partial charge is 0.378 e. The molecule has 2 saturated heterocycles. The van der Waals surface area contributed by atoms with E-state index in [1.807, 2.05) is 0 Å². The minimum absolute atomic E-state index is 0.00264. The van der Waals surface area contributed by atoms with Gasteiger partial charge in [0, 0.05) is 31.0 Å². The highest BCUT2D eigenvalue weighted by molar-refractivity contribution is 5.87. The van der Waals surface area contributed by atoms with Crippen molar-refractivity contribution in [2.45, 2.75) is 63.9 Å². The number of carbonyl (C=O) groups is 1. The fourth-order valence-corrected chi connectivity index (χ4v) is 4.37. The van der Waals surface area contributed by atoms with Gasteiger partial charge in [-0.1, -0.05) is 19.8 Å². The molecule has 3 heteroatoms. The lowest BCUT2D eigenvalue weighted by atomic mass is 9.70. The Kier molecular flexibility index (Phi) is 3.69. The van der Waals surface area contributed by atoms with Gasteiger partial charge < -0.3 is 9.47 Å². The van der Waals surface area contributed by atoms with Gasteiger partial charge in [0.15, 0.2) is 0 Å². The summed E-state index contributed by atoms with van der Waals surface area (Å²) in [5.74, 6) is 0.760. The highest BCUT2D eigenvalue weighted by Gasteiger charge is 2.48. The lowest BCUT2D eigenvalue weighted by Crippen LogP contribution is -2.45. The zero-order valence-corrected chi connectivity index (χ0v) is 12.1. The van der Waals surface area contributed by atoms with E-state index in [2.05, 4.69) is 6.92 Å². The van der Waals surface area contributed by atoms with Gasteiger partial charge in [-0.2, -0.15) is 0 Å². The Balaban J connectivity index is 1.72. The Labute approximate surface area is 116 Å². The molecular formula is C16H26O3. The van der Waals surface area contributed by atoms with Crippen molar-refractivity contribution in [2.24, 2.45) is 11.3 Å². The smallest absolute Gasteiger partial charge is 0.142 e. The molecule has 3 nitrogen and oxygen atoms in total. The summed E-state index contributed by atoms with van der Waals surface area (Å²) in [4.78, 5) is 13.0. The average molecular weight is 266 g/mol. The lowest BCUT2D eigenvalue weighted by molar-refractivity contribution is -0.146. The van der Waals surface area contributed by atoms with Gasteiger partial charge in [-0.15, -0.1) is 0 Å². The fraction of sp³-hybridized carbons (Fsp3) is 0.938. The topological polar surface area (TPSA) is 35.5 Å². The third kappa shape index (κ3) is 2.36. The SMILES string of the molecule is CCC1(C(=O)C2CCOC3(CCOC3)C2)CCCC1. The van der Waals surface area contributed by atoms with E-state index in [1.54, 1.807) is 0 Å². The first-order valence-corrected chi connectivity index (χ1v) is 7.96. The molecule has 1 spiro atoms. The Hall–Kier alpha value is -0.410. The molecule has 0 aromatic rings. The number of hydrogen-bond donors (Lipinski definition) is 0. The molecule has 0 amide bonds. The van der Waals surface area contributed by atoms with Crippen molar-refractivity contribution < 1.29 is 14.3 Å². The van der Waals surface area contributed by atoms with E-state index in [-0.39, 0.29) is 16.9 Å². The number of carbonyl (C=O) groups excluding carboxylic acids is 1. The molecule has 0 N–H and O–H groups in total. The lowest BCUT2D eigenvalue weighted by Gasteiger charge is -2.39. The second kappa shape index (κ2) is 5.17. The number of ketones is 1. The zero-order chi connectivity index (χ0) is 13.3. The van der Waals surface area contributed by atoms with E-state index in [4.69, 9.17) is 9.47 Å². The van der Waals surface area contributed by atoms with Crippen LogP contribution in [0, 0.1) is 11.3 Å². The van der Waals surface area contributed by atoms with Gasteiger partial charge in [0.25, 0.3) is 0 Å². The van der Waals surface area contributed by atoms with Crippen LogP contribution < -0.4 is 0 Å².